The Balaban J connectivity index is 2.35. The molecule has 0 fully saturated rings. The number of nitrogens with zero attached hydrogens (tertiary/aromatic N) is 1. The summed E-state index contributed by atoms with van der Waals surface area (Å²) in [5.74, 6) is -0.803. The van der Waals surface area contributed by atoms with Crippen molar-refractivity contribution in [1.29, 1.82) is 0 Å². The molecule has 0 N–H and O–H groups in total. The molecule has 116 valence electrons. The lowest BCUT2D eigenvalue weighted by atomic mass is 10.1. The molecule has 0 bridgehead atoms. The van der Waals surface area contributed by atoms with E-state index in [9.17, 15) is 9.59 Å². The van der Waals surface area contributed by atoms with Gasteiger partial charge in [-0.3, -0.25) is 4.79 Å². The Morgan fingerprint density at radius 1 is 1.10 bits per heavy atom. The highest BCUT2D eigenvalue weighted by Gasteiger charge is 2.12. The highest BCUT2D eigenvalue weighted by molar-refractivity contribution is 5.89. The predicted octanol–water partition coefficient (Wildman–Crippen LogP) is 2.50. The van der Waals surface area contributed by atoms with E-state index in [1.165, 1.54) is 0 Å². The molecule has 1 rings (SSSR count). The first-order valence-electron chi connectivity index (χ1n) is 7.06. The van der Waals surface area contributed by atoms with Crippen LogP contribution in [-0.2, 0) is 14.3 Å². The minimum absolute atomic E-state index is 0.0659. The molecule has 5 heteroatoms. The zero-order chi connectivity index (χ0) is 15.8. The molecule has 0 amide bonds. The van der Waals surface area contributed by atoms with Crippen LogP contribution in [0, 0.1) is 5.92 Å². The molecular formula is C16H23NO4. The standard InChI is InChI=1S/C16H23NO4/c1-5-12(2)15(18)20-10-11-21-16(19)13-6-8-14(9-7-13)17(3)4/h6-9,12H,5,10-11H2,1-4H3. The highest BCUT2D eigenvalue weighted by atomic mass is 16.6. The molecule has 0 saturated heterocycles. The summed E-state index contributed by atoms with van der Waals surface area (Å²) < 4.78 is 10.1. The molecule has 0 radical (unpaired) electrons. The Morgan fingerprint density at radius 2 is 1.67 bits per heavy atom. The quantitative estimate of drug-likeness (QED) is 0.571. The molecule has 1 aromatic rings. The second kappa shape index (κ2) is 8.29. The Hall–Kier alpha value is -2.04. The average molecular weight is 293 g/mol. The van der Waals surface area contributed by atoms with Crippen molar-refractivity contribution in [3.8, 4) is 0 Å². The van der Waals surface area contributed by atoms with Crippen molar-refractivity contribution in [2.45, 2.75) is 20.3 Å². The van der Waals surface area contributed by atoms with Crippen LogP contribution in [0.5, 0.6) is 0 Å². The van der Waals surface area contributed by atoms with E-state index < -0.39 is 5.97 Å². The minimum atomic E-state index is -0.417. The van der Waals surface area contributed by atoms with Gasteiger partial charge < -0.3 is 14.4 Å². The molecule has 0 aliphatic carbocycles. The number of carbonyl (C=O) groups is 2. The van der Waals surface area contributed by atoms with Gasteiger partial charge in [0.15, 0.2) is 0 Å². The molecule has 1 aromatic carbocycles. The Bertz CT molecular complexity index is 468. The van der Waals surface area contributed by atoms with Crippen LogP contribution in [0.15, 0.2) is 24.3 Å². The first-order chi connectivity index (χ1) is 9.95. The van der Waals surface area contributed by atoms with Gasteiger partial charge in [-0.15, -0.1) is 0 Å². The van der Waals surface area contributed by atoms with Gasteiger partial charge in [0, 0.05) is 19.8 Å². The van der Waals surface area contributed by atoms with Crippen LogP contribution in [-0.4, -0.2) is 39.2 Å². The van der Waals surface area contributed by atoms with Gasteiger partial charge in [0.1, 0.15) is 13.2 Å². The second-order valence-electron chi connectivity index (χ2n) is 5.05. The van der Waals surface area contributed by atoms with Crippen molar-refractivity contribution in [1.82, 2.24) is 0 Å². The lowest BCUT2D eigenvalue weighted by Crippen LogP contribution is -2.18. The Labute approximate surface area is 125 Å². The van der Waals surface area contributed by atoms with Crippen molar-refractivity contribution in [2.75, 3.05) is 32.2 Å². The molecule has 1 unspecified atom stereocenters. The van der Waals surface area contributed by atoms with Crippen LogP contribution in [0.2, 0.25) is 0 Å². The summed E-state index contributed by atoms with van der Waals surface area (Å²) in [5.41, 5.74) is 1.49. The Kier molecular flexibility index (Phi) is 6.72. The van der Waals surface area contributed by atoms with Gasteiger partial charge in [0.25, 0.3) is 0 Å². The van der Waals surface area contributed by atoms with E-state index in [0.29, 0.717) is 5.56 Å². The summed E-state index contributed by atoms with van der Waals surface area (Å²) in [6.45, 7) is 3.88. The maximum atomic E-state index is 11.8. The highest BCUT2D eigenvalue weighted by Crippen LogP contribution is 2.12. The lowest BCUT2D eigenvalue weighted by molar-refractivity contribution is -0.149. The maximum absolute atomic E-state index is 11.8. The summed E-state index contributed by atoms with van der Waals surface area (Å²) in [6, 6.07) is 7.12. The smallest absolute Gasteiger partial charge is 0.338 e. The zero-order valence-corrected chi connectivity index (χ0v) is 13.1. The van der Waals surface area contributed by atoms with E-state index in [0.717, 1.165) is 12.1 Å². The number of rotatable bonds is 7. The molecule has 21 heavy (non-hydrogen) atoms. The van der Waals surface area contributed by atoms with Crippen LogP contribution < -0.4 is 4.90 Å². The summed E-state index contributed by atoms with van der Waals surface area (Å²) in [6.07, 6.45) is 0.733. The lowest BCUT2D eigenvalue weighted by Gasteiger charge is -2.12. The van der Waals surface area contributed by atoms with Gasteiger partial charge in [0.2, 0.25) is 0 Å². The van der Waals surface area contributed by atoms with E-state index in [2.05, 4.69) is 0 Å². The second-order valence-corrected chi connectivity index (χ2v) is 5.05. The van der Waals surface area contributed by atoms with E-state index in [1.807, 2.05) is 38.1 Å². The monoisotopic (exact) mass is 293 g/mol. The number of benzene rings is 1. The Morgan fingerprint density at radius 3 is 2.19 bits per heavy atom. The van der Waals surface area contributed by atoms with Gasteiger partial charge in [-0.1, -0.05) is 13.8 Å². The first-order valence-corrected chi connectivity index (χ1v) is 7.06. The molecule has 1 atom stereocenters. The zero-order valence-electron chi connectivity index (χ0n) is 13.1. The number of hydrogen-bond donors (Lipinski definition) is 0. The number of ether oxygens (including phenoxy) is 2. The fraction of sp³-hybridized carbons (Fsp3) is 0.500. The van der Waals surface area contributed by atoms with E-state index >= 15 is 0 Å². The van der Waals surface area contributed by atoms with Crippen molar-refractivity contribution in [3.63, 3.8) is 0 Å². The van der Waals surface area contributed by atoms with Crippen LogP contribution >= 0.6 is 0 Å². The number of anilines is 1. The van der Waals surface area contributed by atoms with E-state index in [1.54, 1.807) is 19.1 Å². The molecule has 0 heterocycles. The van der Waals surface area contributed by atoms with Gasteiger partial charge in [-0.05, 0) is 30.7 Å². The molecule has 5 nitrogen and oxygen atoms in total. The SMILES string of the molecule is CCC(C)C(=O)OCCOC(=O)c1ccc(N(C)C)cc1. The largest absolute Gasteiger partial charge is 0.462 e. The summed E-state index contributed by atoms with van der Waals surface area (Å²) in [4.78, 5) is 25.2. The third-order valence-electron chi connectivity index (χ3n) is 3.19. The third kappa shape index (κ3) is 5.45. The predicted molar refractivity (Wildman–Crippen MR) is 81.5 cm³/mol. The van der Waals surface area contributed by atoms with Crippen LogP contribution in [0.4, 0.5) is 5.69 Å². The summed E-state index contributed by atoms with van der Waals surface area (Å²) in [5, 5.41) is 0. The third-order valence-corrected chi connectivity index (χ3v) is 3.19. The maximum Gasteiger partial charge on any atom is 0.338 e. The number of carbonyl (C=O) groups excluding carboxylic acids is 2. The molecule has 0 saturated carbocycles. The molecule has 0 aliphatic heterocycles. The van der Waals surface area contributed by atoms with Crippen LogP contribution in [0.1, 0.15) is 30.6 Å². The fourth-order valence-corrected chi connectivity index (χ4v) is 1.56. The van der Waals surface area contributed by atoms with E-state index in [-0.39, 0.29) is 25.1 Å². The molecular weight excluding hydrogens is 270 g/mol. The number of hydrogen-bond acceptors (Lipinski definition) is 5. The first kappa shape index (κ1) is 17.0. The van der Waals surface area contributed by atoms with Crippen molar-refractivity contribution >= 4 is 17.6 Å². The molecule has 0 aromatic heterocycles. The van der Waals surface area contributed by atoms with Crippen LogP contribution in [0.3, 0.4) is 0 Å². The molecule has 0 spiro atoms. The van der Waals surface area contributed by atoms with Crippen molar-refractivity contribution in [3.05, 3.63) is 29.8 Å². The molecule has 0 aliphatic rings. The average Bonchev–Trinajstić information content (AvgIpc) is 2.50. The normalized spacial score (nSPS) is 11.6. The fourth-order valence-electron chi connectivity index (χ4n) is 1.56. The van der Waals surface area contributed by atoms with Crippen LogP contribution in [0.25, 0.3) is 0 Å². The minimum Gasteiger partial charge on any atom is -0.462 e. The topological polar surface area (TPSA) is 55.8 Å². The summed E-state index contributed by atoms with van der Waals surface area (Å²) in [7, 11) is 3.86. The van der Waals surface area contributed by atoms with E-state index in [4.69, 9.17) is 9.47 Å². The van der Waals surface area contributed by atoms with Gasteiger partial charge in [-0.2, -0.15) is 0 Å². The summed E-state index contributed by atoms with van der Waals surface area (Å²) >= 11 is 0. The van der Waals surface area contributed by atoms with Gasteiger partial charge >= 0.3 is 11.9 Å². The van der Waals surface area contributed by atoms with Gasteiger partial charge in [0.05, 0.1) is 11.5 Å². The van der Waals surface area contributed by atoms with Gasteiger partial charge in [-0.25, -0.2) is 4.79 Å². The van der Waals surface area contributed by atoms with Crippen molar-refractivity contribution in [2.24, 2.45) is 5.92 Å². The number of esters is 2. The van der Waals surface area contributed by atoms with Crippen molar-refractivity contribution < 1.29 is 19.1 Å².